The minimum atomic E-state index is -3.33. The number of rotatable bonds is 6. The molecule has 0 saturated heterocycles. The normalized spacial score (nSPS) is 14.9. The zero-order chi connectivity index (χ0) is 19.4. The molecule has 0 spiro atoms. The maximum Gasteiger partial charge on any atom is 0.229 e. The minimum Gasteiger partial charge on any atom is -0.349 e. The van der Waals surface area contributed by atoms with Crippen molar-refractivity contribution in [1.82, 2.24) is 5.32 Å². The summed E-state index contributed by atoms with van der Waals surface area (Å²) in [7, 11) is -3.33. The lowest BCUT2D eigenvalue weighted by molar-refractivity contribution is -0.121. The zero-order valence-corrected chi connectivity index (χ0v) is 16.6. The van der Waals surface area contributed by atoms with E-state index >= 15 is 0 Å². The average molecular weight is 387 g/mol. The SMILES string of the molecule is C[C@@H](NC(=O)Cc1ccc2c(c1)CCCC2)c1cccc(NS(C)(=O)=O)c1. The molecule has 0 bridgehead atoms. The smallest absolute Gasteiger partial charge is 0.229 e. The van der Waals surface area contributed by atoms with Gasteiger partial charge in [-0.15, -0.1) is 0 Å². The largest absolute Gasteiger partial charge is 0.349 e. The lowest BCUT2D eigenvalue weighted by atomic mass is 9.90. The molecule has 0 aromatic heterocycles. The van der Waals surface area contributed by atoms with Crippen LogP contribution in [0.3, 0.4) is 0 Å². The van der Waals surface area contributed by atoms with Gasteiger partial charge >= 0.3 is 0 Å². The van der Waals surface area contributed by atoms with Gasteiger partial charge in [-0.1, -0.05) is 30.3 Å². The maximum atomic E-state index is 12.5. The van der Waals surface area contributed by atoms with Gasteiger partial charge in [0, 0.05) is 5.69 Å². The number of amides is 1. The molecule has 0 fully saturated rings. The monoisotopic (exact) mass is 386 g/mol. The van der Waals surface area contributed by atoms with Gasteiger partial charge in [0.15, 0.2) is 0 Å². The Morgan fingerprint density at radius 3 is 2.56 bits per heavy atom. The first-order valence-electron chi connectivity index (χ1n) is 9.28. The summed E-state index contributed by atoms with van der Waals surface area (Å²) in [5, 5.41) is 3.00. The van der Waals surface area contributed by atoms with Crippen molar-refractivity contribution in [3.05, 3.63) is 64.7 Å². The molecule has 0 heterocycles. The van der Waals surface area contributed by atoms with Gasteiger partial charge in [-0.3, -0.25) is 9.52 Å². The van der Waals surface area contributed by atoms with Gasteiger partial charge in [-0.05, 0) is 67.0 Å². The van der Waals surface area contributed by atoms with Gasteiger partial charge in [-0.25, -0.2) is 8.42 Å². The number of carbonyl (C=O) groups excluding carboxylic acids is 1. The summed E-state index contributed by atoms with van der Waals surface area (Å²) in [6.45, 7) is 1.89. The Balaban J connectivity index is 1.63. The standard InChI is InChI=1S/C21H26N2O3S/c1-15(18-8-5-9-20(14-18)23-27(2,25)26)22-21(24)13-16-10-11-17-6-3-4-7-19(17)12-16/h5,8-12,14-15,23H,3-4,6-7,13H2,1-2H3,(H,22,24)/t15-/m1/s1. The molecular weight excluding hydrogens is 360 g/mol. The van der Waals surface area contributed by atoms with Crippen LogP contribution in [0, 0.1) is 0 Å². The number of anilines is 1. The molecule has 2 N–H and O–H groups in total. The fraction of sp³-hybridized carbons (Fsp3) is 0.381. The Morgan fingerprint density at radius 2 is 1.81 bits per heavy atom. The average Bonchev–Trinajstić information content (AvgIpc) is 2.60. The molecule has 2 aromatic rings. The van der Waals surface area contributed by atoms with Crippen molar-refractivity contribution in [2.24, 2.45) is 0 Å². The number of hydrogen-bond acceptors (Lipinski definition) is 3. The summed E-state index contributed by atoms with van der Waals surface area (Å²) in [6, 6.07) is 13.2. The molecular formula is C21H26N2O3S. The van der Waals surface area contributed by atoms with E-state index in [4.69, 9.17) is 0 Å². The molecule has 0 saturated carbocycles. The first kappa shape index (κ1) is 19.4. The number of aryl methyl sites for hydroxylation is 2. The molecule has 0 unspecified atom stereocenters. The highest BCUT2D eigenvalue weighted by molar-refractivity contribution is 7.92. The van der Waals surface area contributed by atoms with E-state index in [2.05, 4.69) is 22.2 Å². The predicted molar refractivity (Wildman–Crippen MR) is 108 cm³/mol. The van der Waals surface area contributed by atoms with Gasteiger partial charge in [-0.2, -0.15) is 0 Å². The highest BCUT2D eigenvalue weighted by Gasteiger charge is 2.14. The molecule has 5 nitrogen and oxygen atoms in total. The van der Waals surface area contributed by atoms with Gasteiger partial charge < -0.3 is 5.32 Å². The van der Waals surface area contributed by atoms with Crippen molar-refractivity contribution in [2.45, 2.75) is 45.1 Å². The Hall–Kier alpha value is -2.34. The van der Waals surface area contributed by atoms with Crippen LogP contribution in [0.25, 0.3) is 0 Å². The number of sulfonamides is 1. The van der Waals surface area contributed by atoms with Crippen molar-refractivity contribution in [3.63, 3.8) is 0 Å². The molecule has 1 aliphatic rings. The lowest BCUT2D eigenvalue weighted by Crippen LogP contribution is -2.28. The van der Waals surface area contributed by atoms with Crippen LogP contribution in [0.5, 0.6) is 0 Å². The molecule has 1 atom stereocenters. The maximum absolute atomic E-state index is 12.5. The van der Waals surface area contributed by atoms with E-state index in [9.17, 15) is 13.2 Å². The van der Waals surface area contributed by atoms with Crippen LogP contribution in [0.15, 0.2) is 42.5 Å². The van der Waals surface area contributed by atoms with Gasteiger partial charge in [0.1, 0.15) is 0 Å². The van der Waals surface area contributed by atoms with Crippen molar-refractivity contribution in [3.8, 4) is 0 Å². The number of benzene rings is 2. The number of fused-ring (bicyclic) bond motifs is 1. The number of carbonyl (C=O) groups is 1. The van der Waals surface area contributed by atoms with E-state index < -0.39 is 10.0 Å². The molecule has 2 aromatic carbocycles. The summed E-state index contributed by atoms with van der Waals surface area (Å²) in [4.78, 5) is 12.5. The molecule has 144 valence electrons. The summed E-state index contributed by atoms with van der Waals surface area (Å²) in [5.41, 5.74) is 5.16. The second-order valence-corrected chi connectivity index (χ2v) is 9.02. The molecule has 3 rings (SSSR count). The van der Waals surface area contributed by atoms with Crippen LogP contribution in [0.1, 0.15) is 48.1 Å². The first-order valence-corrected chi connectivity index (χ1v) is 11.2. The molecule has 1 amide bonds. The Labute approximate surface area is 161 Å². The Kier molecular flexibility index (Phi) is 5.85. The molecule has 1 aliphatic carbocycles. The second-order valence-electron chi connectivity index (χ2n) is 7.28. The van der Waals surface area contributed by atoms with E-state index in [0.717, 1.165) is 30.2 Å². The molecule has 27 heavy (non-hydrogen) atoms. The van der Waals surface area contributed by atoms with Crippen LogP contribution < -0.4 is 10.0 Å². The van der Waals surface area contributed by atoms with E-state index in [-0.39, 0.29) is 11.9 Å². The highest BCUT2D eigenvalue weighted by Crippen LogP contribution is 2.23. The van der Waals surface area contributed by atoms with Gasteiger partial charge in [0.05, 0.1) is 18.7 Å². The summed E-state index contributed by atoms with van der Waals surface area (Å²) in [6.07, 6.45) is 6.16. The van der Waals surface area contributed by atoms with Crippen LogP contribution in [0.2, 0.25) is 0 Å². The van der Waals surface area contributed by atoms with Crippen molar-refractivity contribution < 1.29 is 13.2 Å². The lowest BCUT2D eigenvalue weighted by Gasteiger charge is -2.18. The summed E-state index contributed by atoms with van der Waals surface area (Å²) < 4.78 is 25.2. The van der Waals surface area contributed by atoms with E-state index in [0.29, 0.717) is 12.1 Å². The van der Waals surface area contributed by atoms with E-state index in [1.54, 1.807) is 18.2 Å². The van der Waals surface area contributed by atoms with E-state index in [1.807, 2.05) is 19.1 Å². The Bertz CT molecular complexity index is 938. The highest BCUT2D eigenvalue weighted by atomic mass is 32.2. The third kappa shape index (κ3) is 5.57. The van der Waals surface area contributed by atoms with Crippen molar-refractivity contribution in [2.75, 3.05) is 11.0 Å². The van der Waals surface area contributed by atoms with Crippen LogP contribution >= 0.6 is 0 Å². The van der Waals surface area contributed by atoms with Gasteiger partial charge in [0.2, 0.25) is 15.9 Å². The number of hydrogen-bond donors (Lipinski definition) is 2. The van der Waals surface area contributed by atoms with Gasteiger partial charge in [0.25, 0.3) is 0 Å². The summed E-state index contributed by atoms with van der Waals surface area (Å²) >= 11 is 0. The van der Waals surface area contributed by atoms with Crippen LogP contribution in [0.4, 0.5) is 5.69 Å². The molecule has 6 heteroatoms. The zero-order valence-electron chi connectivity index (χ0n) is 15.8. The molecule has 0 aliphatic heterocycles. The Morgan fingerprint density at radius 1 is 1.07 bits per heavy atom. The fourth-order valence-electron chi connectivity index (χ4n) is 3.54. The minimum absolute atomic E-state index is 0.0419. The van der Waals surface area contributed by atoms with E-state index in [1.165, 1.54) is 24.0 Å². The third-order valence-corrected chi connectivity index (χ3v) is 5.45. The predicted octanol–water partition coefficient (Wildman–Crippen LogP) is 3.36. The summed E-state index contributed by atoms with van der Waals surface area (Å²) in [5.74, 6) is -0.0419. The fourth-order valence-corrected chi connectivity index (χ4v) is 4.10. The third-order valence-electron chi connectivity index (χ3n) is 4.84. The number of nitrogens with one attached hydrogen (secondary N) is 2. The molecule has 0 radical (unpaired) electrons. The second kappa shape index (κ2) is 8.13. The van der Waals surface area contributed by atoms with Crippen molar-refractivity contribution >= 4 is 21.6 Å². The van der Waals surface area contributed by atoms with Crippen molar-refractivity contribution in [1.29, 1.82) is 0 Å². The first-order chi connectivity index (χ1) is 12.8. The topological polar surface area (TPSA) is 75.3 Å². The van der Waals surface area contributed by atoms with Crippen LogP contribution in [-0.2, 0) is 34.1 Å². The quantitative estimate of drug-likeness (QED) is 0.799. The van der Waals surface area contributed by atoms with Crippen LogP contribution in [-0.4, -0.2) is 20.6 Å².